The van der Waals surface area contributed by atoms with Gasteiger partial charge in [-0.05, 0) is 37.9 Å². The van der Waals surface area contributed by atoms with Gasteiger partial charge in [-0.2, -0.15) is 0 Å². The highest BCUT2D eigenvalue weighted by molar-refractivity contribution is 5.50. The van der Waals surface area contributed by atoms with E-state index in [0.717, 1.165) is 38.2 Å². The summed E-state index contributed by atoms with van der Waals surface area (Å²) in [4.78, 5) is 2.29. The van der Waals surface area contributed by atoms with Crippen molar-refractivity contribution in [3.05, 3.63) is 24.0 Å². The Morgan fingerprint density at radius 1 is 1.43 bits per heavy atom. The first-order chi connectivity index (χ1) is 10.2. The van der Waals surface area contributed by atoms with Gasteiger partial charge in [-0.15, -0.1) is 0 Å². The van der Waals surface area contributed by atoms with E-state index in [1.807, 2.05) is 13.0 Å². The molecule has 0 bridgehead atoms. The molecular weight excluding hydrogens is 267 g/mol. The number of ether oxygens (including phenoxy) is 1. The molecule has 1 aromatic rings. The third kappa shape index (κ3) is 4.10. The second kappa shape index (κ2) is 7.64. The van der Waals surface area contributed by atoms with E-state index < -0.39 is 0 Å². The molecule has 0 aliphatic carbocycles. The van der Waals surface area contributed by atoms with Crippen molar-refractivity contribution in [2.45, 2.75) is 39.7 Å². The summed E-state index contributed by atoms with van der Waals surface area (Å²) in [5.74, 6) is 0.692. The molecule has 2 atom stereocenters. The second-order valence-corrected chi connectivity index (χ2v) is 5.79. The molecule has 1 aromatic carbocycles. The SMILES string of the molecule is CCOc1ccc(N2CCCNC(C(C)CC)C2)cc1F. The Bertz CT molecular complexity index is 452. The van der Waals surface area contributed by atoms with E-state index in [4.69, 9.17) is 4.74 Å². The topological polar surface area (TPSA) is 24.5 Å². The first kappa shape index (κ1) is 16.1. The smallest absolute Gasteiger partial charge is 0.167 e. The third-order valence-corrected chi connectivity index (χ3v) is 4.34. The van der Waals surface area contributed by atoms with E-state index >= 15 is 0 Å². The molecule has 2 rings (SSSR count). The van der Waals surface area contributed by atoms with Gasteiger partial charge in [0.05, 0.1) is 6.61 Å². The van der Waals surface area contributed by atoms with Crippen LogP contribution < -0.4 is 15.0 Å². The molecule has 1 aliphatic rings. The molecule has 0 aromatic heterocycles. The molecule has 21 heavy (non-hydrogen) atoms. The largest absolute Gasteiger partial charge is 0.491 e. The average molecular weight is 294 g/mol. The van der Waals surface area contributed by atoms with Crippen LogP contribution >= 0.6 is 0 Å². The lowest BCUT2D eigenvalue weighted by Crippen LogP contribution is -2.42. The molecule has 2 unspecified atom stereocenters. The standard InChI is InChI=1S/C17H27FN2O/c1-4-13(3)16-12-20(10-6-9-19-16)14-7-8-17(21-5-2)15(18)11-14/h7-8,11,13,16,19H,4-6,9-10,12H2,1-3H3. The molecule has 1 N–H and O–H groups in total. The van der Waals surface area contributed by atoms with Crippen LogP contribution in [0.3, 0.4) is 0 Å². The summed E-state index contributed by atoms with van der Waals surface area (Å²) < 4.78 is 19.3. The fourth-order valence-corrected chi connectivity index (χ4v) is 2.81. The van der Waals surface area contributed by atoms with Crippen molar-refractivity contribution in [1.82, 2.24) is 5.32 Å². The van der Waals surface area contributed by atoms with Gasteiger partial charge in [0.25, 0.3) is 0 Å². The predicted octanol–water partition coefficient (Wildman–Crippen LogP) is 3.44. The summed E-state index contributed by atoms with van der Waals surface area (Å²) in [6.07, 6.45) is 2.24. The normalized spacial score (nSPS) is 21.0. The summed E-state index contributed by atoms with van der Waals surface area (Å²) in [7, 11) is 0. The van der Waals surface area contributed by atoms with E-state index in [1.54, 1.807) is 12.1 Å². The highest BCUT2D eigenvalue weighted by Crippen LogP contribution is 2.25. The van der Waals surface area contributed by atoms with Gasteiger partial charge in [0.2, 0.25) is 0 Å². The minimum absolute atomic E-state index is 0.272. The predicted molar refractivity (Wildman–Crippen MR) is 85.6 cm³/mol. The molecule has 0 spiro atoms. The van der Waals surface area contributed by atoms with Crippen molar-refractivity contribution in [1.29, 1.82) is 0 Å². The number of halogens is 1. The van der Waals surface area contributed by atoms with Crippen LogP contribution in [-0.2, 0) is 0 Å². The van der Waals surface area contributed by atoms with Crippen molar-refractivity contribution < 1.29 is 9.13 Å². The summed E-state index contributed by atoms with van der Waals surface area (Å²) in [5.41, 5.74) is 0.952. The van der Waals surface area contributed by atoms with Gasteiger partial charge in [-0.25, -0.2) is 4.39 Å². The van der Waals surface area contributed by atoms with Gasteiger partial charge in [-0.3, -0.25) is 0 Å². The summed E-state index contributed by atoms with van der Waals surface area (Å²) in [6.45, 7) is 9.78. The lowest BCUT2D eigenvalue weighted by atomic mass is 9.99. The molecule has 1 fully saturated rings. The molecule has 0 radical (unpaired) electrons. The highest BCUT2D eigenvalue weighted by atomic mass is 19.1. The van der Waals surface area contributed by atoms with Crippen molar-refractivity contribution in [3.8, 4) is 5.75 Å². The second-order valence-electron chi connectivity index (χ2n) is 5.79. The lowest BCUT2D eigenvalue weighted by molar-refractivity contribution is 0.321. The number of nitrogens with zero attached hydrogens (tertiary/aromatic N) is 1. The summed E-state index contributed by atoms with van der Waals surface area (Å²) in [6, 6.07) is 5.77. The zero-order valence-electron chi connectivity index (χ0n) is 13.4. The Labute approximate surface area is 127 Å². The third-order valence-electron chi connectivity index (χ3n) is 4.34. The maximum Gasteiger partial charge on any atom is 0.167 e. The van der Waals surface area contributed by atoms with Crippen LogP contribution in [0.25, 0.3) is 0 Å². The fourth-order valence-electron chi connectivity index (χ4n) is 2.81. The molecule has 0 amide bonds. The van der Waals surface area contributed by atoms with Crippen molar-refractivity contribution >= 4 is 5.69 Å². The minimum atomic E-state index is -0.272. The Morgan fingerprint density at radius 3 is 2.90 bits per heavy atom. The quantitative estimate of drug-likeness (QED) is 0.900. The zero-order chi connectivity index (χ0) is 15.2. The molecule has 118 valence electrons. The number of benzene rings is 1. The van der Waals surface area contributed by atoms with Gasteiger partial charge in [0.1, 0.15) is 0 Å². The van der Waals surface area contributed by atoms with Crippen LogP contribution in [0.15, 0.2) is 18.2 Å². The van der Waals surface area contributed by atoms with E-state index in [-0.39, 0.29) is 5.82 Å². The van der Waals surface area contributed by atoms with E-state index in [1.165, 1.54) is 0 Å². The van der Waals surface area contributed by atoms with Crippen LogP contribution in [-0.4, -0.2) is 32.3 Å². The number of nitrogens with one attached hydrogen (secondary N) is 1. The highest BCUT2D eigenvalue weighted by Gasteiger charge is 2.22. The van der Waals surface area contributed by atoms with Gasteiger partial charge in [0.15, 0.2) is 11.6 Å². The number of anilines is 1. The molecule has 3 nitrogen and oxygen atoms in total. The van der Waals surface area contributed by atoms with Gasteiger partial charge in [-0.1, -0.05) is 20.3 Å². The summed E-state index contributed by atoms with van der Waals surface area (Å²) in [5, 5.41) is 3.62. The molecular formula is C17H27FN2O. The molecule has 4 heteroatoms. The number of hydrogen-bond donors (Lipinski definition) is 1. The van der Waals surface area contributed by atoms with Gasteiger partial charge >= 0.3 is 0 Å². The first-order valence-electron chi connectivity index (χ1n) is 8.06. The lowest BCUT2D eigenvalue weighted by Gasteiger charge is -2.29. The van der Waals surface area contributed by atoms with Crippen molar-refractivity contribution in [2.24, 2.45) is 5.92 Å². The van der Waals surface area contributed by atoms with Crippen LogP contribution in [0.4, 0.5) is 10.1 Å². The van der Waals surface area contributed by atoms with Gasteiger partial charge < -0.3 is 15.0 Å². The molecule has 1 saturated heterocycles. The number of hydrogen-bond acceptors (Lipinski definition) is 3. The average Bonchev–Trinajstić information content (AvgIpc) is 2.75. The monoisotopic (exact) mass is 294 g/mol. The molecule has 1 aliphatic heterocycles. The summed E-state index contributed by atoms with van der Waals surface area (Å²) >= 11 is 0. The van der Waals surface area contributed by atoms with E-state index in [9.17, 15) is 4.39 Å². The first-order valence-corrected chi connectivity index (χ1v) is 8.06. The van der Waals surface area contributed by atoms with Crippen molar-refractivity contribution in [3.63, 3.8) is 0 Å². The minimum Gasteiger partial charge on any atom is -0.491 e. The zero-order valence-corrected chi connectivity index (χ0v) is 13.4. The Balaban J connectivity index is 2.13. The Hall–Kier alpha value is -1.29. The van der Waals surface area contributed by atoms with E-state index in [2.05, 4.69) is 24.1 Å². The number of rotatable bonds is 5. The Kier molecular flexibility index (Phi) is 5.85. The fraction of sp³-hybridized carbons (Fsp3) is 0.647. The molecule has 0 saturated carbocycles. The van der Waals surface area contributed by atoms with Crippen molar-refractivity contribution in [2.75, 3.05) is 31.1 Å². The van der Waals surface area contributed by atoms with Crippen LogP contribution in [0, 0.1) is 11.7 Å². The van der Waals surface area contributed by atoms with Crippen LogP contribution in [0.2, 0.25) is 0 Å². The maximum atomic E-state index is 14.0. The van der Waals surface area contributed by atoms with E-state index in [0.29, 0.717) is 24.3 Å². The van der Waals surface area contributed by atoms with Crippen LogP contribution in [0.5, 0.6) is 5.75 Å². The Morgan fingerprint density at radius 2 is 2.24 bits per heavy atom. The van der Waals surface area contributed by atoms with Gasteiger partial charge in [0, 0.05) is 30.9 Å². The van der Waals surface area contributed by atoms with Crippen LogP contribution in [0.1, 0.15) is 33.6 Å². The molecule has 1 heterocycles. The maximum absolute atomic E-state index is 14.0.